The van der Waals surface area contributed by atoms with E-state index >= 15 is 0 Å². The molecule has 7 heteroatoms. The van der Waals surface area contributed by atoms with Gasteiger partial charge in [0.1, 0.15) is 11.5 Å². The Kier molecular flexibility index (Phi) is 8.42. The summed E-state index contributed by atoms with van der Waals surface area (Å²) < 4.78 is 5.75. The summed E-state index contributed by atoms with van der Waals surface area (Å²) in [6, 6.07) is 21.3. The van der Waals surface area contributed by atoms with Crippen LogP contribution in [-0.4, -0.2) is 48.9 Å². The van der Waals surface area contributed by atoms with Crippen LogP contribution in [0, 0.1) is 5.92 Å². The topological polar surface area (TPSA) is 70.1 Å². The number of aliphatic hydroxyl groups excluding tert-OH is 1. The summed E-state index contributed by atoms with van der Waals surface area (Å²) in [7, 11) is 3.89. The number of hydrogen-bond acceptors (Lipinski definition) is 5. The number of benzene rings is 3. The van der Waals surface area contributed by atoms with Crippen LogP contribution in [0.25, 0.3) is 5.76 Å². The summed E-state index contributed by atoms with van der Waals surface area (Å²) in [5.41, 5.74) is 3.27. The highest BCUT2D eigenvalue weighted by Gasteiger charge is 2.45. The maximum absolute atomic E-state index is 13.3. The van der Waals surface area contributed by atoms with Crippen LogP contribution in [-0.2, 0) is 16.0 Å². The van der Waals surface area contributed by atoms with Crippen molar-refractivity contribution in [2.75, 3.05) is 32.1 Å². The minimum Gasteiger partial charge on any atom is -0.507 e. The summed E-state index contributed by atoms with van der Waals surface area (Å²) in [5, 5.41) is 12.0. The van der Waals surface area contributed by atoms with Gasteiger partial charge in [0.2, 0.25) is 0 Å². The van der Waals surface area contributed by atoms with E-state index in [1.807, 2.05) is 55.4 Å². The maximum Gasteiger partial charge on any atom is 0.295 e. The number of hydrogen-bond donors (Lipinski definition) is 1. The van der Waals surface area contributed by atoms with E-state index < -0.39 is 17.7 Å². The molecule has 1 fully saturated rings. The van der Waals surface area contributed by atoms with E-state index in [9.17, 15) is 14.7 Å². The van der Waals surface area contributed by atoms with Crippen molar-refractivity contribution in [3.63, 3.8) is 0 Å². The molecule has 0 spiro atoms. The lowest BCUT2D eigenvalue weighted by atomic mass is 9.95. The van der Waals surface area contributed by atoms with E-state index in [2.05, 4.69) is 13.8 Å². The molecule has 3 aromatic rings. The molecule has 1 N–H and O–H groups in total. The summed E-state index contributed by atoms with van der Waals surface area (Å²) in [6.07, 6.45) is 0.540. The van der Waals surface area contributed by atoms with Gasteiger partial charge in [-0.3, -0.25) is 9.59 Å². The first-order chi connectivity index (χ1) is 18.2. The number of anilines is 1. The number of ketones is 1. The predicted molar refractivity (Wildman–Crippen MR) is 152 cm³/mol. The van der Waals surface area contributed by atoms with Crippen molar-refractivity contribution in [1.29, 1.82) is 0 Å². The molecule has 1 saturated heterocycles. The Bertz CT molecular complexity index is 1310. The molecule has 0 saturated carbocycles. The van der Waals surface area contributed by atoms with Crippen LogP contribution in [0.5, 0.6) is 5.75 Å². The van der Waals surface area contributed by atoms with Gasteiger partial charge in [-0.1, -0.05) is 49.7 Å². The molecule has 1 amide bonds. The van der Waals surface area contributed by atoms with Crippen molar-refractivity contribution in [3.05, 3.63) is 100 Å². The molecule has 4 rings (SSSR count). The van der Waals surface area contributed by atoms with Gasteiger partial charge in [-0.2, -0.15) is 0 Å². The van der Waals surface area contributed by atoms with E-state index in [0.29, 0.717) is 41.8 Å². The predicted octanol–water partition coefficient (Wildman–Crippen LogP) is 6.11. The minimum absolute atomic E-state index is 0.0829. The average molecular weight is 533 g/mol. The van der Waals surface area contributed by atoms with Gasteiger partial charge in [-0.25, -0.2) is 0 Å². The second-order valence-electron chi connectivity index (χ2n) is 10.1. The normalized spacial score (nSPS) is 16.8. The number of rotatable bonds is 9. The molecule has 38 heavy (non-hydrogen) atoms. The van der Waals surface area contributed by atoms with Crippen LogP contribution in [0.15, 0.2) is 78.4 Å². The first kappa shape index (κ1) is 27.3. The number of carbonyl (C=O) groups excluding carboxylic acids is 2. The first-order valence-electron chi connectivity index (χ1n) is 12.7. The molecular weight excluding hydrogens is 500 g/mol. The second kappa shape index (κ2) is 11.7. The van der Waals surface area contributed by atoms with Crippen molar-refractivity contribution in [2.24, 2.45) is 5.92 Å². The Balaban J connectivity index is 1.71. The average Bonchev–Trinajstić information content (AvgIpc) is 3.16. The first-order valence-corrected chi connectivity index (χ1v) is 13.1. The van der Waals surface area contributed by atoms with E-state index in [-0.39, 0.29) is 11.3 Å². The number of ether oxygens (including phenoxy) is 1. The lowest BCUT2D eigenvalue weighted by molar-refractivity contribution is -0.139. The Labute approximate surface area is 229 Å². The number of halogens is 1. The number of amides is 1. The summed E-state index contributed by atoms with van der Waals surface area (Å²) >= 11 is 6.02. The van der Waals surface area contributed by atoms with E-state index in [1.165, 1.54) is 0 Å². The molecule has 1 heterocycles. The smallest absolute Gasteiger partial charge is 0.295 e. The fraction of sp³-hybridized carbons (Fsp3) is 0.290. The number of likely N-dealkylation sites (tertiary alicyclic amines) is 1. The van der Waals surface area contributed by atoms with Gasteiger partial charge in [-0.15, -0.1) is 0 Å². The molecule has 1 atom stereocenters. The van der Waals surface area contributed by atoms with Crippen LogP contribution in [0.3, 0.4) is 0 Å². The molecule has 0 aliphatic carbocycles. The van der Waals surface area contributed by atoms with Crippen LogP contribution in [0.1, 0.15) is 36.6 Å². The highest BCUT2D eigenvalue weighted by atomic mass is 35.5. The SMILES string of the molecule is CC(C)COc1ccc(/C(O)=C2/C(=O)C(=O)N(CCc3ccc(Cl)cc3)C2c2ccc(N(C)C)cc2)cc1. The third-order valence-electron chi connectivity index (χ3n) is 6.53. The van der Waals surface area contributed by atoms with Crippen molar-refractivity contribution in [2.45, 2.75) is 26.3 Å². The fourth-order valence-corrected chi connectivity index (χ4v) is 4.57. The molecule has 3 aromatic carbocycles. The third-order valence-corrected chi connectivity index (χ3v) is 6.78. The zero-order valence-corrected chi connectivity index (χ0v) is 22.9. The van der Waals surface area contributed by atoms with Crippen molar-refractivity contribution < 1.29 is 19.4 Å². The Morgan fingerprint density at radius 2 is 1.61 bits per heavy atom. The summed E-state index contributed by atoms with van der Waals surface area (Å²) in [6.45, 7) is 5.02. The van der Waals surface area contributed by atoms with Gasteiger partial charge >= 0.3 is 0 Å². The van der Waals surface area contributed by atoms with E-state index in [0.717, 1.165) is 16.8 Å². The molecule has 0 aromatic heterocycles. The zero-order valence-electron chi connectivity index (χ0n) is 22.1. The zero-order chi connectivity index (χ0) is 27.4. The van der Waals surface area contributed by atoms with Crippen molar-refractivity contribution in [3.8, 4) is 5.75 Å². The quantitative estimate of drug-likeness (QED) is 0.205. The lowest BCUT2D eigenvalue weighted by Crippen LogP contribution is -2.31. The van der Waals surface area contributed by atoms with Gasteiger partial charge in [0, 0.05) is 36.9 Å². The van der Waals surface area contributed by atoms with E-state index in [4.69, 9.17) is 16.3 Å². The van der Waals surface area contributed by atoms with Gasteiger partial charge in [0.25, 0.3) is 11.7 Å². The fourth-order valence-electron chi connectivity index (χ4n) is 4.44. The lowest BCUT2D eigenvalue weighted by Gasteiger charge is -2.26. The van der Waals surface area contributed by atoms with Crippen LogP contribution in [0.4, 0.5) is 5.69 Å². The third kappa shape index (κ3) is 6.03. The molecule has 0 radical (unpaired) electrons. The number of nitrogens with zero attached hydrogens (tertiary/aromatic N) is 2. The number of aliphatic hydroxyl groups is 1. The molecule has 1 unspecified atom stereocenters. The molecule has 198 valence electrons. The van der Waals surface area contributed by atoms with Gasteiger partial charge < -0.3 is 19.6 Å². The highest BCUT2D eigenvalue weighted by Crippen LogP contribution is 2.40. The Morgan fingerprint density at radius 1 is 0.974 bits per heavy atom. The van der Waals surface area contributed by atoms with E-state index in [1.54, 1.807) is 41.3 Å². The summed E-state index contributed by atoms with van der Waals surface area (Å²) in [5.74, 6) is -0.464. The van der Waals surface area contributed by atoms with Gasteiger partial charge in [-0.05, 0) is 72.0 Å². The van der Waals surface area contributed by atoms with Crippen LogP contribution >= 0.6 is 11.6 Å². The standard InChI is InChI=1S/C31H33ClN2O4/c1-20(2)19-38-26-15-9-23(10-16-26)29(35)27-28(22-7-13-25(14-8-22)33(3)4)34(31(37)30(27)36)18-17-21-5-11-24(32)12-6-21/h5-16,20,28,35H,17-19H2,1-4H3/b29-27-. The monoisotopic (exact) mass is 532 g/mol. The Morgan fingerprint density at radius 3 is 2.18 bits per heavy atom. The second-order valence-corrected chi connectivity index (χ2v) is 10.5. The molecule has 1 aliphatic rings. The molecular formula is C31H33ClN2O4. The maximum atomic E-state index is 13.3. The van der Waals surface area contributed by atoms with Crippen LogP contribution < -0.4 is 9.64 Å². The van der Waals surface area contributed by atoms with Gasteiger partial charge in [0.15, 0.2) is 0 Å². The number of Topliss-reactive ketones (excluding diaryl/α,β-unsaturated/α-hetero) is 1. The van der Waals surface area contributed by atoms with Crippen LogP contribution in [0.2, 0.25) is 5.02 Å². The molecule has 0 bridgehead atoms. The minimum atomic E-state index is -0.713. The number of carbonyl (C=O) groups is 2. The van der Waals surface area contributed by atoms with Crippen molar-refractivity contribution in [1.82, 2.24) is 4.90 Å². The largest absolute Gasteiger partial charge is 0.507 e. The van der Waals surface area contributed by atoms with Crippen molar-refractivity contribution >= 4 is 34.7 Å². The summed E-state index contributed by atoms with van der Waals surface area (Å²) in [4.78, 5) is 30.1. The highest BCUT2D eigenvalue weighted by molar-refractivity contribution is 6.46. The van der Waals surface area contributed by atoms with Gasteiger partial charge in [0.05, 0.1) is 18.2 Å². The molecule has 6 nitrogen and oxygen atoms in total. The Hall–Kier alpha value is -3.77. The molecule has 1 aliphatic heterocycles.